The summed E-state index contributed by atoms with van der Waals surface area (Å²) in [6.07, 6.45) is 2.61. The van der Waals surface area contributed by atoms with Crippen LogP contribution in [0.3, 0.4) is 0 Å². The number of aliphatic hydroxyl groups is 1. The van der Waals surface area contributed by atoms with Crippen LogP contribution in [0, 0.1) is 0 Å². The zero-order chi connectivity index (χ0) is 22.9. The monoisotopic (exact) mass is 411 g/mol. The van der Waals surface area contributed by atoms with Crippen molar-refractivity contribution in [2.24, 2.45) is 16.5 Å². The molecule has 0 aromatic heterocycles. The van der Waals surface area contributed by atoms with Crippen molar-refractivity contribution in [1.82, 2.24) is 0 Å². The summed E-state index contributed by atoms with van der Waals surface area (Å²) in [7, 11) is 1.32. The van der Waals surface area contributed by atoms with E-state index in [9.17, 15) is 9.59 Å². The molecule has 162 valence electrons. The predicted octanol–water partition coefficient (Wildman–Crippen LogP) is 0.706. The molecule has 0 bridgehead atoms. The molecule has 10 nitrogen and oxygen atoms in total. The molecule has 0 saturated heterocycles. The lowest BCUT2D eigenvalue weighted by molar-refractivity contribution is -0.147. The molecule has 0 radical (unpaired) electrons. The van der Waals surface area contributed by atoms with Gasteiger partial charge in [-0.3, -0.25) is 14.6 Å². The van der Waals surface area contributed by atoms with E-state index in [4.69, 9.17) is 31.6 Å². The number of ether oxygens (including phenoxy) is 1. The Morgan fingerprint density at radius 1 is 1.28 bits per heavy atom. The van der Waals surface area contributed by atoms with E-state index in [1.165, 1.54) is 7.11 Å². The van der Waals surface area contributed by atoms with Crippen LogP contribution in [-0.4, -0.2) is 58.8 Å². The molecule has 1 aromatic rings. The number of aliphatic hydroxyl groups excluding tert-OH is 1. The predicted molar refractivity (Wildman–Crippen MR) is 108 cm³/mol. The van der Waals surface area contributed by atoms with Crippen molar-refractivity contribution in [3.8, 4) is 0 Å². The Morgan fingerprint density at radius 3 is 2.21 bits per heavy atom. The van der Waals surface area contributed by atoms with Crippen molar-refractivity contribution in [3.63, 3.8) is 0 Å². The zero-order valence-corrected chi connectivity index (χ0v) is 16.7. The third-order valence-corrected chi connectivity index (χ3v) is 3.16. The van der Waals surface area contributed by atoms with Gasteiger partial charge in [0.15, 0.2) is 6.10 Å². The maximum atomic E-state index is 11.2. The number of aliphatic carboxylic acids is 1. The van der Waals surface area contributed by atoms with Crippen LogP contribution in [0.1, 0.15) is 31.9 Å². The van der Waals surface area contributed by atoms with Crippen LogP contribution in [-0.2, 0) is 19.1 Å². The second kappa shape index (κ2) is 15.8. The van der Waals surface area contributed by atoms with Gasteiger partial charge in [0.25, 0.3) is 6.47 Å². The van der Waals surface area contributed by atoms with Gasteiger partial charge in [0.1, 0.15) is 5.54 Å². The lowest BCUT2D eigenvalue weighted by atomic mass is 9.99. The molecule has 7 N–H and O–H groups in total. The topological polar surface area (TPSA) is 186 Å². The largest absolute Gasteiger partial charge is 0.483 e. The van der Waals surface area contributed by atoms with Gasteiger partial charge in [-0.05, 0) is 25.8 Å². The summed E-state index contributed by atoms with van der Waals surface area (Å²) in [5, 5.41) is 24.3. The highest BCUT2D eigenvalue weighted by molar-refractivity contribution is 5.80. The molecule has 0 heterocycles. The normalized spacial score (nSPS) is 13.6. The first-order valence-corrected chi connectivity index (χ1v) is 8.35. The summed E-state index contributed by atoms with van der Waals surface area (Å²) < 4.78 is 4.56. The van der Waals surface area contributed by atoms with Crippen molar-refractivity contribution >= 4 is 24.2 Å². The summed E-state index contributed by atoms with van der Waals surface area (Å²) in [5.74, 6) is -1.12. The van der Waals surface area contributed by atoms with Gasteiger partial charge < -0.3 is 31.5 Å². The van der Waals surface area contributed by atoms with Crippen molar-refractivity contribution in [2.45, 2.75) is 31.9 Å². The quantitative estimate of drug-likeness (QED) is 0.142. The molecule has 0 amide bonds. The minimum Gasteiger partial charge on any atom is -0.483 e. The highest BCUT2D eigenvalue weighted by atomic mass is 16.5. The van der Waals surface area contributed by atoms with E-state index in [-0.39, 0.29) is 6.47 Å². The Kier molecular flexibility index (Phi) is 15.2. The lowest BCUT2D eigenvalue weighted by Crippen LogP contribution is -2.45. The third-order valence-electron chi connectivity index (χ3n) is 3.16. The summed E-state index contributed by atoms with van der Waals surface area (Å²) in [6.45, 7) is 3.59. The summed E-state index contributed by atoms with van der Waals surface area (Å²) >= 11 is 0. The Labute approximate surface area is 169 Å². The minimum absolute atomic E-state index is 0.250. The molecule has 29 heavy (non-hydrogen) atoms. The standard InChI is InChI=1S/C10H19N3O2.C8H8O3.CH2O2/c1-8(11)13-7-5-4-6-10(2,12)9(14)15-3;9-7(8(10)11)6-4-2-1-3-5-6;2-1-3/h4-5H,6-7,12H2,1-3H3,(H2,11,13);1-5,7,9H,(H,10,11);1H,(H,2,3)/b5-4+;;/t10-;7-;/m00./s1. The molecular weight excluding hydrogens is 382 g/mol. The number of carboxylic acid groups (broad SMARTS) is 2. The van der Waals surface area contributed by atoms with Crippen molar-refractivity contribution in [2.75, 3.05) is 13.7 Å². The number of nitrogens with zero attached hydrogens (tertiary/aromatic N) is 1. The number of methoxy groups -OCH3 is 1. The molecule has 1 rings (SSSR count). The van der Waals surface area contributed by atoms with Gasteiger partial charge in [-0.25, -0.2) is 4.79 Å². The highest BCUT2D eigenvalue weighted by Crippen LogP contribution is 2.11. The number of carbonyl (C=O) groups excluding carboxylic acids is 1. The Balaban J connectivity index is 0. The minimum atomic E-state index is -1.41. The second-order valence-electron chi connectivity index (χ2n) is 5.82. The number of hydrogen-bond acceptors (Lipinski definition) is 7. The smallest absolute Gasteiger partial charge is 0.337 e. The van der Waals surface area contributed by atoms with E-state index in [1.807, 2.05) is 6.08 Å². The molecule has 2 atom stereocenters. The van der Waals surface area contributed by atoms with Crippen LogP contribution in [0.5, 0.6) is 0 Å². The number of rotatable bonds is 7. The fourth-order valence-electron chi connectivity index (χ4n) is 1.69. The maximum absolute atomic E-state index is 11.2. The number of carbonyl (C=O) groups is 3. The number of esters is 1. The van der Waals surface area contributed by atoms with Gasteiger partial charge in [-0.2, -0.15) is 0 Å². The third kappa shape index (κ3) is 14.5. The Hall–Kier alpha value is -3.24. The molecular formula is C19H29N3O7. The molecule has 0 saturated carbocycles. The van der Waals surface area contributed by atoms with E-state index >= 15 is 0 Å². The van der Waals surface area contributed by atoms with Gasteiger partial charge in [-0.1, -0.05) is 42.5 Å². The van der Waals surface area contributed by atoms with Gasteiger partial charge >= 0.3 is 11.9 Å². The molecule has 0 unspecified atom stereocenters. The van der Waals surface area contributed by atoms with E-state index in [2.05, 4.69) is 9.73 Å². The Bertz CT molecular complexity index is 670. The SMILES string of the molecule is COC(=O)[C@@](C)(N)C/C=C/CN=C(C)N.O=C(O)[C@@H](O)c1ccccc1.O=CO. The molecule has 10 heteroatoms. The molecule has 0 aliphatic carbocycles. The molecule has 0 aliphatic heterocycles. The number of aliphatic imine (C=N–C) groups is 1. The highest BCUT2D eigenvalue weighted by Gasteiger charge is 2.27. The second-order valence-corrected chi connectivity index (χ2v) is 5.82. The summed E-state index contributed by atoms with van der Waals surface area (Å²) in [6, 6.07) is 8.26. The Morgan fingerprint density at radius 2 is 1.79 bits per heavy atom. The summed E-state index contributed by atoms with van der Waals surface area (Å²) in [5.41, 5.74) is 10.5. The number of benzene rings is 1. The van der Waals surface area contributed by atoms with Crippen molar-refractivity contribution in [3.05, 3.63) is 48.0 Å². The number of hydrogen-bond donors (Lipinski definition) is 5. The van der Waals surface area contributed by atoms with Crippen LogP contribution < -0.4 is 11.5 Å². The van der Waals surface area contributed by atoms with Crippen LogP contribution >= 0.6 is 0 Å². The maximum Gasteiger partial charge on any atom is 0.337 e. The number of amidine groups is 1. The molecule has 0 spiro atoms. The van der Waals surface area contributed by atoms with Gasteiger partial charge in [-0.15, -0.1) is 0 Å². The van der Waals surface area contributed by atoms with E-state index in [1.54, 1.807) is 50.3 Å². The van der Waals surface area contributed by atoms with Gasteiger partial charge in [0.05, 0.1) is 19.5 Å². The van der Waals surface area contributed by atoms with E-state index < -0.39 is 23.6 Å². The molecule has 0 aliphatic rings. The average molecular weight is 411 g/mol. The number of nitrogens with two attached hydrogens (primary N) is 2. The fourth-order valence-corrected chi connectivity index (χ4v) is 1.69. The van der Waals surface area contributed by atoms with Crippen LogP contribution in [0.15, 0.2) is 47.5 Å². The lowest BCUT2D eigenvalue weighted by Gasteiger charge is -2.18. The van der Waals surface area contributed by atoms with Crippen LogP contribution in [0.4, 0.5) is 0 Å². The molecule has 0 fully saturated rings. The average Bonchev–Trinajstić information content (AvgIpc) is 2.67. The van der Waals surface area contributed by atoms with Crippen LogP contribution in [0.2, 0.25) is 0 Å². The van der Waals surface area contributed by atoms with E-state index in [0.717, 1.165) is 0 Å². The summed E-state index contributed by atoms with van der Waals surface area (Å²) in [4.78, 5) is 33.7. The fraction of sp³-hybridized carbons (Fsp3) is 0.368. The van der Waals surface area contributed by atoms with Gasteiger partial charge in [0, 0.05) is 0 Å². The first kappa shape index (κ1) is 28.0. The molecule has 1 aromatic carbocycles. The van der Waals surface area contributed by atoms with Gasteiger partial charge in [0.2, 0.25) is 0 Å². The first-order chi connectivity index (χ1) is 13.5. The van der Waals surface area contributed by atoms with E-state index in [0.29, 0.717) is 24.4 Å². The van der Waals surface area contributed by atoms with Crippen LogP contribution in [0.25, 0.3) is 0 Å². The van der Waals surface area contributed by atoms with Crippen molar-refractivity contribution in [1.29, 1.82) is 0 Å². The first-order valence-electron chi connectivity index (χ1n) is 8.35. The zero-order valence-electron chi connectivity index (χ0n) is 16.7. The van der Waals surface area contributed by atoms with Crippen molar-refractivity contribution < 1.29 is 34.4 Å². The number of carboxylic acids is 1.